The van der Waals surface area contributed by atoms with E-state index >= 15 is 0 Å². The normalized spacial score (nSPS) is 13.0. The Morgan fingerprint density at radius 1 is 1.31 bits per heavy atom. The first-order valence-corrected chi connectivity index (χ1v) is 3.90. The lowest BCUT2D eigenvalue weighted by Crippen LogP contribution is -2.10. The highest BCUT2D eigenvalue weighted by Crippen LogP contribution is 2.24. The van der Waals surface area contributed by atoms with Crippen molar-refractivity contribution in [3.05, 3.63) is 29.8 Å². The van der Waals surface area contributed by atoms with E-state index < -0.39 is 6.61 Å². The summed E-state index contributed by atoms with van der Waals surface area (Å²) in [7, 11) is 0. The van der Waals surface area contributed by atoms with E-state index in [0.717, 1.165) is 0 Å². The summed E-state index contributed by atoms with van der Waals surface area (Å²) >= 11 is 0. The second-order valence-corrected chi connectivity index (χ2v) is 2.71. The van der Waals surface area contributed by atoms with Crippen LogP contribution >= 0.6 is 0 Å². The topological polar surface area (TPSA) is 35.2 Å². The summed E-state index contributed by atoms with van der Waals surface area (Å²) in [5.41, 5.74) is 6.15. The Morgan fingerprint density at radius 3 is 2.46 bits per heavy atom. The number of ether oxygens (including phenoxy) is 1. The molecule has 1 atom stereocenters. The van der Waals surface area contributed by atoms with Crippen molar-refractivity contribution in [1.29, 1.82) is 0 Å². The molecule has 0 aliphatic heterocycles. The van der Waals surface area contributed by atoms with Crippen LogP contribution in [0.5, 0.6) is 5.75 Å². The molecule has 0 fully saturated rings. The van der Waals surface area contributed by atoms with Crippen molar-refractivity contribution in [3.8, 4) is 5.75 Å². The summed E-state index contributed by atoms with van der Waals surface area (Å²) in [4.78, 5) is 0. The molecule has 0 aliphatic rings. The Hall–Kier alpha value is -1.16. The Labute approximate surface area is 75.3 Å². The van der Waals surface area contributed by atoms with Crippen molar-refractivity contribution >= 4 is 0 Å². The van der Waals surface area contributed by atoms with Gasteiger partial charge < -0.3 is 10.5 Å². The van der Waals surface area contributed by atoms with Crippen LogP contribution in [0.2, 0.25) is 0 Å². The van der Waals surface area contributed by atoms with Crippen molar-refractivity contribution in [3.63, 3.8) is 0 Å². The summed E-state index contributed by atoms with van der Waals surface area (Å²) in [6.07, 6.45) is 0. The first-order chi connectivity index (χ1) is 6.11. The average Bonchev–Trinajstić information content (AvgIpc) is 2.03. The molecule has 0 heterocycles. The molecule has 4 heteroatoms. The molecule has 0 amide bonds. The molecule has 0 saturated carbocycles. The number of benzene rings is 1. The van der Waals surface area contributed by atoms with E-state index in [1.807, 2.05) is 0 Å². The van der Waals surface area contributed by atoms with Crippen LogP contribution < -0.4 is 10.5 Å². The number of hydrogen-bond acceptors (Lipinski definition) is 2. The number of alkyl halides is 2. The predicted octanol–water partition coefficient (Wildman–Crippen LogP) is 2.31. The van der Waals surface area contributed by atoms with Crippen LogP contribution in [-0.4, -0.2) is 6.61 Å². The highest BCUT2D eigenvalue weighted by molar-refractivity contribution is 5.35. The number of halogens is 2. The van der Waals surface area contributed by atoms with Crippen molar-refractivity contribution in [1.82, 2.24) is 0 Å². The highest BCUT2D eigenvalue weighted by atomic mass is 19.3. The third-order valence-electron chi connectivity index (χ3n) is 1.63. The maximum atomic E-state index is 11.9. The van der Waals surface area contributed by atoms with E-state index in [0.29, 0.717) is 5.56 Å². The monoisotopic (exact) mass is 187 g/mol. The van der Waals surface area contributed by atoms with E-state index in [1.165, 1.54) is 6.07 Å². The predicted molar refractivity (Wildman–Crippen MR) is 45.7 cm³/mol. The zero-order chi connectivity index (χ0) is 9.84. The third-order valence-corrected chi connectivity index (χ3v) is 1.63. The largest absolute Gasteiger partial charge is 0.434 e. The summed E-state index contributed by atoms with van der Waals surface area (Å²) in [6.45, 7) is -1.09. The number of para-hydroxylation sites is 1. The lowest BCUT2D eigenvalue weighted by atomic mass is 10.1. The van der Waals surface area contributed by atoms with Gasteiger partial charge in [0.15, 0.2) is 0 Å². The molecular weight excluding hydrogens is 176 g/mol. The third kappa shape index (κ3) is 2.66. The molecule has 0 bridgehead atoms. The van der Waals surface area contributed by atoms with Gasteiger partial charge in [0.05, 0.1) is 0 Å². The van der Waals surface area contributed by atoms with E-state index in [1.54, 1.807) is 25.1 Å². The fraction of sp³-hybridized carbons (Fsp3) is 0.333. The molecule has 13 heavy (non-hydrogen) atoms. The fourth-order valence-electron chi connectivity index (χ4n) is 1.06. The van der Waals surface area contributed by atoms with Gasteiger partial charge in [-0.1, -0.05) is 18.2 Å². The Bertz CT molecular complexity index is 276. The van der Waals surface area contributed by atoms with Crippen LogP contribution in [0.1, 0.15) is 18.5 Å². The highest BCUT2D eigenvalue weighted by Gasteiger charge is 2.10. The Balaban J connectivity index is 2.91. The first-order valence-electron chi connectivity index (χ1n) is 3.90. The van der Waals surface area contributed by atoms with Gasteiger partial charge in [-0.25, -0.2) is 0 Å². The minimum Gasteiger partial charge on any atom is -0.434 e. The second-order valence-electron chi connectivity index (χ2n) is 2.71. The van der Waals surface area contributed by atoms with Gasteiger partial charge >= 0.3 is 6.61 Å². The molecule has 0 aliphatic carbocycles. The summed E-state index contributed by atoms with van der Waals surface area (Å²) in [6, 6.07) is 6.20. The molecule has 1 aromatic rings. The fourth-order valence-corrected chi connectivity index (χ4v) is 1.06. The zero-order valence-electron chi connectivity index (χ0n) is 7.21. The van der Waals surface area contributed by atoms with Crippen LogP contribution in [0.4, 0.5) is 8.78 Å². The van der Waals surface area contributed by atoms with Gasteiger partial charge in [-0.2, -0.15) is 8.78 Å². The van der Waals surface area contributed by atoms with Gasteiger partial charge in [-0.05, 0) is 13.0 Å². The molecule has 0 radical (unpaired) electrons. The summed E-state index contributed by atoms with van der Waals surface area (Å²) < 4.78 is 28.1. The first kappa shape index (κ1) is 9.92. The maximum Gasteiger partial charge on any atom is 0.387 e. The van der Waals surface area contributed by atoms with Gasteiger partial charge in [-0.3, -0.25) is 0 Å². The lowest BCUT2D eigenvalue weighted by Gasteiger charge is -2.12. The zero-order valence-corrected chi connectivity index (χ0v) is 7.21. The molecule has 1 rings (SSSR count). The molecule has 0 aromatic heterocycles. The average molecular weight is 187 g/mol. The van der Waals surface area contributed by atoms with Gasteiger partial charge in [0.25, 0.3) is 0 Å². The standard InChI is InChI=1S/C9H11F2NO/c1-6(12)7-4-2-3-5-8(7)13-9(10)11/h2-6,9H,12H2,1H3. The van der Waals surface area contributed by atoms with Crippen molar-refractivity contribution in [2.75, 3.05) is 0 Å². The van der Waals surface area contributed by atoms with Gasteiger partial charge in [0, 0.05) is 11.6 Å². The van der Waals surface area contributed by atoms with Gasteiger partial charge in [0.1, 0.15) is 5.75 Å². The minimum atomic E-state index is -2.81. The molecule has 0 spiro atoms. The van der Waals surface area contributed by atoms with Crippen LogP contribution in [0.25, 0.3) is 0 Å². The number of rotatable bonds is 3. The SMILES string of the molecule is CC(N)c1ccccc1OC(F)F. The summed E-state index contributed by atoms with van der Waals surface area (Å²) in [5, 5.41) is 0. The number of hydrogen-bond donors (Lipinski definition) is 1. The van der Waals surface area contributed by atoms with Crippen LogP contribution in [0.15, 0.2) is 24.3 Å². The summed E-state index contributed by atoms with van der Waals surface area (Å²) in [5.74, 6) is 0.146. The van der Waals surface area contributed by atoms with Crippen molar-refractivity contribution in [2.24, 2.45) is 5.73 Å². The lowest BCUT2D eigenvalue weighted by molar-refractivity contribution is -0.0505. The smallest absolute Gasteiger partial charge is 0.387 e. The molecule has 1 unspecified atom stereocenters. The molecule has 2 nitrogen and oxygen atoms in total. The van der Waals surface area contributed by atoms with Crippen LogP contribution in [0.3, 0.4) is 0 Å². The van der Waals surface area contributed by atoms with E-state index in [2.05, 4.69) is 4.74 Å². The molecule has 1 aromatic carbocycles. The van der Waals surface area contributed by atoms with E-state index in [9.17, 15) is 8.78 Å². The van der Waals surface area contributed by atoms with E-state index in [4.69, 9.17) is 5.73 Å². The molecule has 0 saturated heterocycles. The van der Waals surface area contributed by atoms with Gasteiger partial charge in [-0.15, -0.1) is 0 Å². The van der Waals surface area contributed by atoms with Crippen molar-refractivity contribution < 1.29 is 13.5 Å². The second kappa shape index (κ2) is 4.18. The number of nitrogens with two attached hydrogens (primary N) is 1. The van der Waals surface area contributed by atoms with Crippen molar-refractivity contribution in [2.45, 2.75) is 19.6 Å². The molecular formula is C9H11F2NO. The quantitative estimate of drug-likeness (QED) is 0.788. The van der Waals surface area contributed by atoms with Crippen LogP contribution in [-0.2, 0) is 0 Å². The molecule has 2 N–H and O–H groups in total. The molecule has 72 valence electrons. The Morgan fingerprint density at radius 2 is 1.92 bits per heavy atom. The van der Waals surface area contributed by atoms with Crippen LogP contribution in [0, 0.1) is 0 Å². The maximum absolute atomic E-state index is 11.9. The van der Waals surface area contributed by atoms with Gasteiger partial charge in [0.2, 0.25) is 0 Å². The Kier molecular flexibility index (Phi) is 3.19. The minimum absolute atomic E-state index is 0.146. The van der Waals surface area contributed by atoms with E-state index in [-0.39, 0.29) is 11.8 Å².